The molecule has 9 nitrogen and oxygen atoms in total. The number of carbonyl (C=O) groups is 1. The maximum absolute atomic E-state index is 13.2. The van der Waals surface area contributed by atoms with E-state index in [4.69, 9.17) is 20.3 Å². The van der Waals surface area contributed by atoms with E-state index in [1.807, 2.05) is 6.92 Å². The van der Waals surface area contributed by atoms with Crippen LogP contribution in [0.1, 0.15) is 29.4 Å². The van der Waals surface area contributed by atoms with Gasteiger partial charge in [0.05, 0.1) is 23.6 Å². The average molecular weight is 451 g/mol. The molecule has 0 aliphatic heterocycles. The Bertz CT molecular complexity index is 918. The van der Waals surface area contributed by atoms with Crippen LogP contribution in [0, 0.1) is 5.82 Å². The summed E-state index contributed by atoms with van der Waals surface area (Å²) in [4.78, 5) is 25.6. The predicted molar refractivity (Wildman–Crippen MR) is 119 cm³/mol. The van der Waals surface area contributed by atoms with Gasteiger partial charge in [-0.1, -0.05) is 0 Å². The van der Waals surface area contributed by atoms with Crippen LogP contribution in [0.4, 0.5) is 10.1 Å². The van der Waals surface area contributed by atoms with E-state index >= 15 is 0 Å². The van der Waals surface area contributed by atoms with E-state index in [1.165, 1.54) is 34.9 Å². The summed E-state index contributed by atoms with van der Waals surface area (Å²) in [6.45, 7) is 4.30. The summed E-state index contributed by atoms with van der Waals surface area (Å²) in [6.07, 6.45) is 0.563. The number of aliphatic hydroxyl groups excluding tert-OH is 1. The summed E-state index contributed by atoms with van der Waals surface area (Å²) in [5, 5.41) is 14.5. The summed E-state index contributed by atoms with van der Waals surface area (Å²) < 4.78 is 25.7. The molecule has 0 bridgehead atoms. The Morgan fingerprint density at radius 2 is 1.97 bits per heavy atom. The van der Waals surface area contributed by atoms with E-state index in [-0.39, 0.29) is 30.0 Å². The Kier molecular flexibility index (Phi) is 10.6. The molecule has 0 unspecified atom stereocenters. The fraction of sp³-hybridized carbons (Fsp3) is 0.455. The quantitative estimate of drug-likeness (QED) is 0.315. The highest BCUT2D eigenvalue weighted by Crippen LogP contribution is 2.19. The van der Waals surface area contributed by atoms with E-state index in [1.54, 1.807) is 0 Å². The molecule has 176 valence electrons. The fourth-order valence-corrected chi connectivity index (χ4v) is 3.08. The molecular weight excluding hydrogens is 419 g/mol. The van der Waals surface area contributed by atoms with E-state index in [0.717, 1.165) is 0 Å². The zero-order valence-corrected chi connectivity index (χ0v) is 18.2. The molecule has 2 aromatic rings. The minimum atomic E-state index is -0.440. The molecule has 32 heavy (non-hydrogen) atoms. The van der Waals surface area contributed by atoms with Crippen molar-refractivity contribution in [1.82, 2.24) is 15.2 Å². The number of aromatic nitrogens is 1. The molecule has 0 saturated heterocycles. The molecular formula is C22H31FN4O5. The first-order chi connectivity index (χ1) is 15.5. The molecule has 0 atom stereocenters. The van der Waals surface area contributed by atoms with Crippen molar-refractivity contribution in [3.63, 3.8) is 0 Å². The number of anilines is 1. The maximum atomic E-state index is 13.2. The van der Waals surface area contributed by atoms with Crippen LogP contribution in [0.5, 0.6) is 5.75 Å². The smallest absolute Gasteiger partial charge is 0.255 e. The lowest BCUT2D eigenvalue weighted by atomic mass is 10.1. The second kappa shape index (κ2) is 13.5. The van der Waals surface area contributed by atoms with E-state index in [2.05, 4.69) is 10.6 Å². The summed E-state index contributed by atoms with van der Waals surface area (Å²) in [5.41, 5.74) is 6.25. The van der Waals surface area contributed by atoms with Gasteiger partial charge in [-0.3, -0.25) is 9.59 Å². The maximum Gasteiger partial charge on any atom is 0.255 e. The van der Waals surface area contributed by atoms with Crippen LogP contribution in [0.2, 0.25) is 0 Å². The third kappa shape index (κ3) is 7.63. The zero-order chi connectivity index (χ0) is 23.3. The largest absolute Gasteiger partial charge is 0.487 e. The molecule has 1 amide bonds. The number of carbonyl (C=O) groups excluding carboxylic acids is 1. The first-order valence-corrected chi connectivity index (χ1v) is 10.6. The van der Waals surface area contributed by atoms with Crippen molar-refractivity contribution < 1.29 is 23.8 Å². The molecule has 0 radical (unpaired) electrons. The van der Waals surface area contributed by atoms with Crippen molar-refractivity contribution in [3.05, 3.63) is 57.8 Å². The third-order valence-electron chi connectivity index (χ3n) is 4.61. The van der Waals surface area contributed by atoms with Gasteiger partial charge in [-0.15, -0.1) is 0 Å². The van der Waals surface area contributed by atoms with Gasteiger partial charge in [-0.2, -0.15) is 0 Å². The third-order valence-corrected chi connectivity index (χ3v) is 4.61. The number of nitrogens with two attached hydrogens (primary N) is 1. The van der Waals surface area contributed by atoms with E-state index < -0.39 is 11.7 Å². The number of nitrogens with zero attached hydrogens (tertiary/aromatic N) is 1. The number of aliphatic hydroxyl groups is 1. The topological polar surface area (TPSA) is 128 Å². The molecule has 0 aliphatic carbocycles. The van der Waals surface area contributed by atoms with Gasteiger partial charge in [0, 0.05) is 45.5 Å². The Morgan fingerprint density at radius 3 is 2.66 bits per heavy atom. The Balaban J connectivity index is 2.28. The molecule has 1 aromatic heterocycles. The highest BCUT2D eigenvalue weighted by molar-refractivity contribution is 6.00. The van der Waals surface area contributed by atoms with Gasteiger partial charge in [0.15, 0.2) is 0 Å². The Labute approximate surface area is 186 Å². The number of halogens is 1. The molecule has 1 heterocycles. The van der Waals surface area contributed by atoms with Crippen molar-refractivity contribution in [2.75, 3.05) is 45.2 Å². The summed E-state index contributed by atoms with van der Waals surface area (Å²) in [6, 6.07) is 6.67. The normalized spacial score (nSPS) is 10.8. The number of hydrogen-bond acceptors (Lipinski definition) is 7. The SMILES string of the molecule is CCOCCCn1c(COc2ccc(F)cc2)c(C(=O)NCCNCCO)c(N)cc1=O. The van der Waals surface area contributed by atoms with Crippen LogP contribution in [0.25, 0.3) is 0 Å². The van der Waals surface area contributed by atoms with Gasteiger partial charge < -0.3 is 35.5 Å². The molecule has 0 saturated carbocycles. The van der Waals surface area contributed by atoms with Gasteiger partial charge in [0.1, 0.15) is 18.2 Å². The van der Waals surface area contributed by atoms with E-state index in [0.29, 0.717) is 57.3 Å². The predicted octanol–water partition coefficient (Wildman–Crippen LogP) is 0.887. The standard InChI is InChI=1S/C22H31FN4O5/c1-2-31-13-3-11-27-19(15-32-17-6-4-16(23)5-7-17)21(18(24)14-20(27)29)22(30)26-9-8-25-10-12-28/h4-7,14,25,28H,2-3,8-13,15,24H2,1H3,(H,26,30). The van der Waals surface area contributed by atoms with Crippen LogP contribution in [-0.2, 0) is 17.9 Å². The first-order valence-electron chi connectivity index (χ1n) is 10.6. The second-order valence-electron chi connectivity index (χ2n) is 6.93. The number of amides is 1. The van der Waals surface area contributed by atoms with Crippen LogP contribution < -0.4 is 26.7 Å². The minimum absolute atomic E-state index is 0.00151. The minimum Gasteiger partial charge on any atom is -0.487 e. The van der Waals surface area contributed by atoms with Crippen molar-refractivity contribution >= 4 is 11.6 Å². The number of rotatable bonds is 14. The van der Waals surface area contributed by atoms with Gasteiger partial charge >= 0.3 is 0 Å². The number of ether oxygens (including phenoxy) is 2. The number of hydrogen-bond donors (Lipinski definition) is 4. The van der Waals surface area contributed by atoms with Gasteiger partial charge in [0.2, 0.25) is 0 Å². The molecule has 10 heteroatoms. The lowest BCUT2D eigenvalue weighted by molar-refractivity contribution is 0.0950. The lowest BCUT2D eigenvalue weighted by Gasteiger charge is -2.19. The van der Waals surface area contributed by atoms with Crippen LogP contribution in [0.15, 0.2) is 35.1 Å². The highest BCUT2D eigenvalue weighted by atomic mass is 19.1. The molecule has 0 aliphatic rings. The van der Waals surface area contributed by atoms with E-state index in [9.17, 15) is 14.0 Å². The Hall–Kier alpha value is -2.95. The van der Waals surface area contributed by atoms with Gasteiger partial charge in [0.25, 0.3) is 11.5 Å². The summed E-state index contributed by atoms with van der Waals surface area (Å²) in [5.74, 6) is -0.449. The summed E-state index contributed by atoms with van der Waals surface area (Å²) in [7, 11) is 0. The number of nitrogens with one attached hydrogen (secondary N) is 2. The monoisotopic (exact) mass is 450 g/mol. The van der Waals surface area contributed by atoms with Crippen molar-refractivity contribution in [1.29, 1.82) is 0 Å². The molecule has 0 fully saturated rings. The second-order valence-corrected chi connectivity index (χ2v) is 6.93. The lowest BCUT2D eigenvalue weighted by Crippen LogP contribution is -2.36. The van der Waals surface area contributed by atoms with Gasteiger partial charge in [-0.05, 0) is 37.6 Å². The van der Waals surface area contributed by atoms with Crippen molar-refractivity contribution in [2.45, 2.75) is 26.5 Å². The van der Waals surface area contributed by atoms with Gasteiger partial charge in [-0.25, -0.2) is 4.39 Å². The van der Waals surface area contributed by atoms with Crippen molar-refractivity contribution in [3.8, 4) is 5.75 Å². The molecule has 2 rings (SSSR count). The fourth-order valence-electron chi connectivity index (χ4n) is 3.08. The van der Waals surface area contributed by atoms with Crippen LogP contribution in [0.3, 0.4) is 0 Å². The number of pyridine rings is 1. The zero-order valence-electron chi connectivity index (χ0n) is 18.2. The number of nitrogen functional groups attached to an aromatic ring is 1. The summed E-state index contributed by atoms with van der Waals surface area (Å²) >= 11 is 0. The molecule has 0 spiro atoms. The Morgan fingerprint density at radius 1 is 1.22 bits per heavy atom. The average Bonchev–Trinajstić information content (AvgIpc) is 2.77. The van der Waals surface area contributed by atoms with Crippen LogP contribution >= 0.6 is 0 Å². The van der Waals surface area contributed by atoms with Crippen molar-refractivity contribution in [2.24, 2.45) is 0 Å². The molecule has 5 N–H and O–H groups in total. The van der Waals surface area contributed by atoms with Crippen LogP contribution in [-0.4, -0.2) is 55.0 Å². The highest BCUT2D eigenvalue weighted by Gasteiger charge is 2.21. The molecule has 1 aromatic carbocycles. The number of benzene rings is 1. The first kappa shape index (κ1) is 25.3.